The third-order valence-corrected chi connectivity index (χ3v) is 1.87. The third-order valence-electron chi connectivity index (χ3n) is 1.55. The van der Waals surface area contributed by atoms with Gasteiger partial charge in [0.15, 0.2) is 0 Å². The molecular weight excluding hydrogens is 232 g/mol. The molecule has 0 amide bonds. The van der Waals surface area contributed by atoms with Gasteiger partial charge in [-0.1, -0.05) is 11.6 Å². The molecule has 0 unspecified atom stereocenters. The van der Waals surface area contributed by atoms with Crippen molar-refractivity contribution < 1.29 is 0 Å². The molecule has 0 saturated heterocycles. The molecule has 13 heavy (non-hydrogen) atoms. The molecule has 2 heterocycles. The van der Waals surface area contributed by atoms with Crippen LogP contribution in [0.5, 0.6) is 0 Å². The fourth-order valence-electron chi connectivity index (χ4n) is 1.04. The first-order valence-corrected chi connectivity index (χ1v) is 3.54. The predicted molar refractivity (Wildman–Crippen MR) is 60.0 cm³/mol. The number of nitrogens with one attached hydrogen (secondary N) is 1. The van der Waals surface area contributed by atoms with E-state index in [1.54, 1.807) is 18.5 Å². The number of aromatic amines is 1. The summed E-state index contributed by atoms with van der Waals surface area (Å²) in [5, 5.41) is 1.43. The van der Waals surface area contributed by atoms with Gasteiger partial charge in [0, 0.05) is 12.4 Å². The standard InChI is InChI=1S/C7H6ClN3.2ClH/c8-4-1-2-10-7-6(4)5(9)3-11-7;;/h1-3H,9H2,(H,10,11);2*1H. The van der Waals surface area contributed by atoms with Crippen LogP contribution in [0.1, 0.15) is 0 Å². The van der Waals surface area contributed by atoms with Crippen LogP contribution in [0.4, 0.5) is 5.69 Å². The second kappa shape index (κ2) is 4.56. The molecule has 0 aliphatic heterocycles. The Hall–Kier alpha value is -0.640. The lowest BCUT2D eigenvalue weighted by atomic mass is 10.3. The number of H-pyrrole nitrogens is 1. The van der Waals surface area contributed by atoms with E-state index in [9.17, 15) is 0 Å². The Labute approximate surface area is 92.5 Å². The molecule has 3 nitrogen and oxygen atoms in total. The van der Waals surface area contributed by atoms with Crippen molar-refractivity contribution >= 4 is 53.1 Å². The number of anilines is 1. The van der Waals surface area contributed by atoms with E-state index < -0.39 is 0 Å². The Balaban J connectivity index is 0.000000720. The molecule has 3 N–H and O–H groups in total. The quantitative estimate of drug-likeness (QED) is 0.744. The fourth-order valence-corrected chi connectivity index (χ4v) is 1.30. The summed E-state index contributed by atoms with van der Waals surface area (Å²) in [6, 6.07) is 1.72. The Bertz CT molecular complexity index is 399. The van der Waals surface area contributed by atoms with Crippen molar-refractivity contribution in [3.63, 3.8) is 0 Å². The highest BCUT2D eigenvalue weighted by Crippen LogP contribution is 2.25. The van der Waals surface area contributed by atoms with Crippen LogP contribution in [0.15, 0.2) is 18.5 Å². The molecule has 72 valence electrons. The maximum atomic E-state index is 5.86. The first-order valence-electron chi connectivity index (χ1n) is 3.16. The van der Waals surface area contributed by atoms with Gasteiger partial charge in [0.1, 0.15) is 5.65 Å². The summed E-state index contributed by atoms with van der Waals surface area (Å²) in [4.78, 5) is 6.95. The number of nitrogens with two attached hydrogens (primary N) is 1. The molecule has 6 heteroatoms. The smallest absolute Gasteiger partial charge is 0.140 e. The topological polar surface area (TPSA) is 54.7 Å². The Kier molecular flexibility index (Phi) is 4.33. The predicted octanol–water partition coefficient (Wildman–Crippen LogP) is 2.64. The summed E-state index contributed by atoms with van der Waals surface area (Å²) in [5.41, 5.74) is 6.99. The SMILES string of the molecule is Cl.Cl.Nc1c[nH]c2nccc(Cl)c12. The first-order chi connectivity index (χ1) is 5.29. The summed E-state index contributed by atoms with van der Waals surface area (Å²) in [7, 11) is 0. The molecule has 0 bridgehead atoms. The van der Waals surface area contributed by atoms with Gasteiger partial charge in [-0.25, -0.2) is 4.98 Å². The number of rotatable bonds is 0. The monoisotopic (exact) mass is 239 g/mol. The van der Waals surface area contributed by atoms with Crippen LogP contribution in [0.25, 0.3) is 11.0 Å². The van der Waals surface area contributed by atoms with Crippen LogP contribution in [-0.2, 0) is 0 Å². The van der Waals surface area contributed by atoms with E-state index in [2.05, 4.69) is 9.97 Å². The van der Waals surface area contributed by atoms with E-state index in [-0.39, 0.29) is 24.8 Å². The third kappa shape index (κ3) is 1.99. The van der Waals surface area contributed by atoms with Crippen molar-refractivity contribution in [3.8, 4) is 0 Å². The number of pyridine rings is 1. The van der Waals surface area contributed by atoms with Gasteiger partial charge in [-0.3, -0.25) is 0 Å². The van der Waals surface area contributed by atoms with Crippen molar-refractivity contribution in [2.24, 2.45) is 0 Å². The average molecular weight is 241 g/mol. The van der Waals surface area contributed by atoms with E-state index >= 15 is 0 Å². The zero-order valence-corrected chi connectivity index (χ0v) is 8.84. The summed E-state index contributed by atoms with van der Waals surface area (Å²) < 4.78 is 0. The molecule has 2 aromatic heterocycles. The molecule has 0 saturated carbocycles. The number of hydrogen-bond acceptors (Lipinski definition) is 2. The highest BCUT2D eigenvalue weighted by molar-refractivity contribution is 6.36. The summed E-state index contributed by atoms with van der Waals surface area (Å²) in [6.07, 6.45) is 3.32. The molecular formula is C7H8Cl3N3. The number of fused-ring (bicyclic) bond motifs is 1. The van der Waals surface area contributed by atoms with Gasteiger partial charge in [-0.15, -0.1) is 24.8 Å². The van der Waals surface area contributed by atoms with Gasteiger partial charge in [-0.2, -0.15) is 0 Å². The highest BCUT2D eigenvalue weighted by atomic mass is 35.5. The number of aromatic nitrogens is 2. The average Bonchev–Trinajstić information content (AvgIpc) is 2.34. The van der Waals surface area contributed by atoms with Gasteiger partial charge in [0.05, 0.1) is 16.1 Å². The molecule has 2 rings (SSSR count). The molecule has 0 aromatic carbocycles. The summed E-state index contributed by atoms with van der Waals surface area (Å²) in [5.74, 6) is 0. The minimum atomic E-state index is 0. The van der Waals surface area contributed by atoms with Crippen molar-refractivity contribution in [2.45, 2.75) is 0 Å². The lowest BCUT2D eigenvalue weighted by Crippen LogP contribution is -1.81. The Morgan fingerprint density at radius 3 is 2.69 bits per heavy atom. The van der Waals surface area contributed by atoms with Crippen molar-refractivity contribution in [1.82, 2.24) is 9.97 Å². The molecule has 0 aliphatic rings. The molecule has 0 spiro atoms. The van der Waals surface area contributed by atoms with Crippen LogP contribution < -0.4 is 5.73 Å². The zero-order valence-electron chi connectivity index (χ0n) is 6.45. The van der Waals surface area contributed by atoms with E-state index in [4.69, 9.17) is 17.3 Å². The van der Waals surface area contributed by atoms with Crippen molar-refractivity contribution in [1.29, 1.82) is 0 Å². The van der Waals surface area contributed by atoms with E-state index in [0.29, 0.717) is 10.7 Å². The van der Waals surface area contributed by atoms with E-state index in [1.807, 2.05) is 0 Å². The minimum Gasteiger partial charge on any atom is -0.397 e. The van der Waals surface area contributed by atoms with Crippen LogP contribution >= 0.6 is 36.4 Å². The van der Waals surface area contributed by atoms with E-state index in [0.717, 1.165) is 11.0 Å². The summed E-state index contributed by atoms with van der Waals surface area (Å²) in [6.45, 7) is 0. The maximum absolute atomic E-state index is 5.86. The molecule has 0 aliphatic carbocycles. The molecule has 0 fully saturated rings. The lowest BCUT2D eigenvalue weighted by molar-refractivity contribution is 1.33. The highest BCUT2D eigenvalue weighted by Gasteiger charge is 2.03. The second-order valence-electron chi connectivity index (χ2n) is 2.26. The Morgan fingerprint density at radius 2 is 2.08 bits per heavy atom. The maximum Gasteiger partial charge on any atom is 0.140 e. The number of nitrogens with zero attached hydrogens (tertiary/aromatic N) is 1. The van der Waals surface area contributed by atoms with Gasteiger partial charge < -0.3 is 10.7 Å². The van der Waals surface area contributed by atoms with Crippen LogP contribution in [-0.4, -0.2) is 9.97 Å². The van der Waals surface area contributed by atoms with Crippen LogP contribution in [0.3, 0.4) is 0 Å². The van der Waals surface area contributed by atoms with Gasteiger partial charge in [0.2, 0.25) is 0 Å². The van der Waals surface area contributed by atoms with Crippen LogP contribution in [0, 0.1) is 0 Å². The van der Waals surface area contributed by atoms with Gasteiger partial charge in [0.25, 0.3) is 0 Å². The van der Waals surface area contributed by atoms with Gasteiger partial charge >= 0.3 is 0 Å². The van der Waals surface area contributed by atoms with E-state index in [1.165, 1.54) is 0 Å². The van der Waals surface area contributed by atoms with Crippen molar-refractivity contribution in [3.05, 3.63) is 23.5 Å². The van der Waals surface area contributed by atoms with Crippen LogP contribution in [0.2, 0.25) is 5.02 Å². The van der Waals surface area contributed by atoms with Crippen molar-refractivity contribution in [2.75, 3.05) is 5.73 Å². The second-order valence-corrected chi connectivity index (χ2v) is 2.67. The lowest BCUT2D eigenvalue weighted by Gasteiger charge is -1.92. The van der Waals surface area contributed by atoms with Gasteiger partial charge in [-0.05, 0) is 6.07 Å². The number of halogens is 3. The largest absolute Gasteiger partial charge is 0.397 e. The molecule has 0 radical (unpaired) electrons. The molecule has 2 aromatic rings. The number of nitrogen functional groups attached to an aromatic ring is 1. The fraction of sp³-hybridized carbons (Fsp3) is 0. The normalized spacial score (nSPS) is 9.00. The first kappa shape index (κ1) is 12.4. The molecule has 0 atom stereocenters. The number of hydrogen-bond donors (Lipinski definition) is 2. The minimum absolute atomic E-state index is 0. The Morgan fingerprint density at radius 1 is 1.38 bits per heavy atom. The zero-order chi connectivity index (χ0) is 7.84. The summed E-state index contributed by atoms with van der Waals surface area (Å²) >= 11 is 5.86.